The number of carbonyl (C=O) groups is 1. The van der Waals surface area contributed by atoms with E-state index in [0.29, 0.717) is 18.5 Å². The Morgan fingerprint density at radius 1 is 1.33 bits per heavy atom. The van der Waals surface area contributed by atoms with Crippen molar-refractivity contribution in [3.05, 3.63) is 0 Å². The van der Waals surface area contributed by atoms with Crippen molar-refractivity contribution in [3.8, 4) is 0 Å². The summed E-state index contributed by atoms with van der Waals surface area (Å²) in [5, 5.41) is 2.86. The first-order valence-electron chi connectivity index (χ1n) is 5.69. The molecule has 0 spiro atoms. The van der Waals surface area contributed by atoms with Crippen LogP contribution in [0.5, 0.6) is 0 Å². The van der Waals surface area contributed by atoms with Crippen molar-refractivity contribution in [1.82, 2.24) is 10.2 Å². The fourth-order valence-corrected chi connectivity index (χ4v) is 1.89. The Hall–Kier alpha value is -0.610. The van der Waals surface area contributed by atoms with Crippen LogP contribution in [0.15, 0.2) is 0 Å². The summed E-state index contributed by atoms with van der Waals surface area (Å²) in [5.74, 6) is 0.547. The summed E-state index contributed by atoms with van der Waals surface area (Å²) in [4.78, 5) is 13.3. The van der Waals surface area contributed by atoms with Crippen LogP contribution >= 0.6 is 0 Å². The molecule has 90 valence electrons. The molecule has 15 heavy (non-hydrogen) atoms. The normalized spacial score (nSPS) is 13.3. The molecule has 1 amide bonds. The SMILES string of the molecule is CCC(CC)C(CNC(=O)CN)N(C)C. The predicted octanol–water partition coefficient (Wildman–Crippen LogP) is 0.428. The van der Waals surface area contributed by atoms with Gasteiger partial charge in [0.15, 0.2) is 0 Å². The number of carbonyl (C=O) groups excluding carboxylic acids is 1. The molecule has 0 saturated carbocycles. The fourth-order valence-electron chi connectivity index (χ4n) is 1.89. The molecule has 4 heteroatoms. The lowest BCUT2D eigenvalue weighted by atomic mass is 9.93. The van der Waals surface area contributed by atoms with E-state index in [0.717, 1.165) is 12.8 Å². The number of rotatable bonds is 7. The van der Waals surface area contributed by atoms with Crippen LogP contribution in [0.25, 0.3) is 0 Å². The molecule has 0 bridgehead atoms. The van der Waals surface area contributed by atoms with Gasteiger partial charge in [-0.15, -0.1) is 0 Å². The van der Waals surface area contributed by atoms with Gasteiger partial charge in [-0.25, -0.2) is 0 Å². The Morgan fingerprint density at radius 3 is 2.20 bits per heavy atom. The molecule has 1 unspecified atom stereocenters. The van der Waals surface area contributed by atoms with Crippen LogP contribution in [0.2, 0.25) is 0 Å². The molecule has 0 aromatic rings. The summed E-state index contributed by atoms with van der Waals surface area (Å²) < 4.78 is 0. The molecule has 0 rings (SSSR count). The molecule has 3 N–H and O–H groups in total. The monoisotopic (exact) mass is 215 g/mol. The van der Waals surface area contributed by atoms with E-state index in [1.165, 1.54) is 0 Å². The van der Waals surface area contributed by atoms with Gasteiger partial charge < -0.3 is 16.0 Å². The molecule has 0 aliphatic heterocycles. The van der Waals surface area contributed by atoms with E-state index in [1.54, 1.807) is 0 Å². The smallest absolute Gasteiger partial charge is 0.233 e. The first-order valence-corrected chi connectivity index (χ1v) is 5.69. The fraction of sp³-hybridized carbons (Fsp3) is 0.909. The van der Waals surface area contributed by atoms with E-state index < -0.39 is 0 Å². The van der Waals surface area contributed by atoms with Crippen LogP contribution in [0, 0.1) is 5.92 Å². The molecule has 0 aromatic heterocycles. The second kappa shape index (κ2) is 7.65. The van der Waals surface area contributed by atoms with Crippen molar-refractivity contribution in [1.29, 1.82) is 0 Å². The van der Waals surface area contributed by atoms with Gasteiger partial charge in [-0.05, 0) is 20.0 Å². The molecule has 4 nitrogen and oxygen atoms in total. The van der Waals surface area contributed by atoms with Gasteiger partial charge >= 0.3 is 0 Å². The Labute approximate surface area is 93.2 Å². The van der Waals surface area contributed by atoms with Crippen LogP contribution in [0.1, 0.15) is 26.7 Å². The van der Waals surface area contributed by atoms with E-state index >= 15 is 0 Å². The summed E-state index contributed by atoms with van der Waals surface area (Å²) >= 11 is 0. The summed E-state index contributed by atoms with van der Waals surface area (Å²) in [6.45, 7) is 5.14. The highest BCUT2D eigenvalue weighted by molar-refractivity contribution is 5.77. The number of amides is 1. The Balaban J connectivity index is 4.20. The minimum Gasteiger partial charge on any atom is -0.353 e. The Bertz CT molecular complexity index is 179. The van der Waals surface area contributed by atoms with Gasteiger partial charge in [-0.2, -0.15) is 0 Å². The quantitative estimate of drug-likeness (QED) is 0.647. The zero-order chi connectivity index (χ0) is 11.8. The summed E-state index contributed by atoms with van der Waals surface area (Å²) in [6, 6.07) is 0.399. The topological polar surface area (TPSA) is 58.4 Å². The minimum atomic E-state index is -0.0761. The standard InChI is InChI=1S/C11H25N3O/c1-5-9(6-2)10(14(3)4)8-13-11(15)7-12/h9-10H,5-8,12H2,1-4H3,(H,13,15). The first-order chi connectivity index (χ1) is 7.06. The van der Waals surface area contributed by atoms with Crippen LogP contribution in [-0.4, -0.2) is 44.0 Å². The second-order valence-electron chi connectivity index (χ2n) is 4.12. The zero-order valence-corrected chi connectivity index (χ0v) is 10.4. The maximum absolute atomic E-state index is 11.1. The third-order valence-electron chi connectivity index (χ3n) is 2.95. The molecule has 0 aromatic carbocycles. The van der Waals surface area contributed by atoms with Crippen molar-refractivity contribution in [2.24, 2.45) is 11.7 Å². The van der Waals surface area contributed by atoms with Crippen molar-refractivity contribution in [3.63, 3.8) is 0 Å². The van der Waals surface area contributed by atoms with E-state index in [-0.39, 0.29) is 12.5 Å². The number of hydrogen-bond acceptors (Lipinski definition) is 3. The summed E-state index contributed by atoms with van der Waals surface area (Å²) in [6.07, 6.45) is 2.27. The number of nitrogens with zero attached hydrogens (tertiary/aromatic N) is 1. The van der Waals surface area contributed by atoms with Crippen LogP contribution in [0.4, 0.5) is 0 Å². The second-order valence-corrected chi connectivity index (χ2v) is 4.12. The minimum absolute atomic E-state index is 0.0725. The van der Waals surface area contributed by atoms with Crippen LogP contribution < -0.4 is 11.1 Å². The maximum atomic E-state index is 11.1. The van der Waals surface area contributed by atoms with Gasteiger partial charge in [0.1, 0.15) is 0 Å². The number of likely N-dealkylation sites (N-methyl/N-ethyl adjacent to an activating group) is 1. The molecular formula is C11H25N3O. The van der Waals surface area contributed by atoms with Gasteiger partial charge in [0.05, 0.1) is 6.54 Å². The van der Waals surface area contributed by atoms with Gasteiger partial charge in [-0.3, -0.25) is 4.79 Å². The average molecular weight is 215 g/mol. The van der Waals surface area contributed by atoms with Crippen molar-refractivity contribution in [2.75, 3.05) is 27.2 Å². The largest absolute Gasteiger partial charge is 0.353 e. The van der Waals surface area contributed by atoms with E-state index in [1.807, 2.05) is 0 Å². The van der Waals surface area contributed by atoms with Gasteiger partial charge in [0.25, 0.3) is 0 Å². The maximum Gasteiger partial charge on any atom is 0.233 e. The molecule has 0 fully saturated rings. The zero-order valence-electron chi connectivity index (χ0n) is 10.4. The number of nitrogens with one attached hydrogen (secondary N) is 1. The lowest BCUT2D eigenvalue weighted by Crippen LogP contribution is -2.45. The predicted molar refractivity (Wildman–Crippen MR) is 63.6 cm³/mol. The molecule has 0 aliphatic carbocycles. The molecule has 0 saturated heterocycles. The molecule has 1 atom stereocenters. The first kappa shape index (κ1) is 14.4. The number of nitrogens with two attached hydrogens (primary N) is 1. The Morgan fingerprint density at radius 2 is 1.87 bits per heavy atom. The van der Waals surface area contributed by atoms with E-state index in [4.69, 9.17) is 5.73 Å². The lowest BCUT2D eigenvalue weighted by molar-refractivity contribution is -0.120. The van der Waals surface area contributed by atoms with Crippen LogP contribution in [0.3, 0.4) is 0 Å². The van der Waals surface area contributed by atoms with E-state index in [9.17, 15) is 4.79 Å². The number of hydrogen-bond donors (Lipinski definition) is 2. The van der Waals surface area contributed by atoms with Crippen molar-refractivity contribution in [2.45, 2.75) is 32.7 Å². The molecule has 0 radical (unpaired) electrons. The average Bonchev–Trinajstić information content (AvgIpc) is 2.23. The highest BCUT2D eigenvalue weighted by atomic mass is 16.1. The lowest BCUT2D eigenvalue weighted by Gasteiger charge is -2.31. The summed E-state index contributed by atoms with van der Waals surface area (Å²) in [7, 11) is 4.11. The van der Waals surface area contributed by atoms with E-state index in [2.05, 4.69) is 38.2 Å². The van der Waals surface area contributed by atoms with Gasteiger partial charge in [-0.1, -0.05) is 26.7 Å². The molecular weight excluding hydrogens is 190 g/mol. The third kappa shape index (κ3) is 5.14. The summed E-state index contributed by atoms with van der Waals surface area (Å²) in [5.41, 5.74) is 5.25. The van der Waals surface area contributed by atoms with Crippen molar-refractivity contribution < 1.29 is 4.79 Å². The van der Waals surface area contributed by atoms with Gasteiger partial charge in [0.2, 0.25) is 5.91 Å². The molecule has 0 aliphatic rings. The highest BCUT2D eigenvalue weighted by Gasteiger charge is 2.20. The molecule has 0 heterocycles. The van der Waals surface area contributed by atoms with Gasteiger partial charge in [0, 0.05) is 12.6 Å². The third-order valence-corrected chi connectivity index (χ3v) is 2.95. The Kier molecular flexibility index (Phi) is 7.34. The van der Waals surface area contributed by atoms with Crippen LogP contribution in [-0.2, 0) is 4.79 Å². The van der Waals surface area contributed by atoms with Crippen molar-refractivity contribution >= 4 is 5.91 Å². The highest BCUT2D eigenvalue weighted by Crippen LogP contribution is 2.16.